The van der Waals surface area contributed by atoms with Gasteiger partial charge in [0.2, 0.25) is 0 Å². The minimum absolute atomic E-state index is 0.334. The van der Waals surface area contributed by atoms with E-state index >= 15 is 0 Å². The molecule has 0 amide bonds. The van der Waals surface area contributed by atoms with Gasteiger partial charge < -0.3 is 16.2 Å². The molecule has 4 N–H and O–H groups in total. The van der Waals surface area contributed by atoms with Gasteiger partial charge in [-0.2, -0.15) is 0 Å². The van der Waals surface area contributed by atoms with Crippen LogP contribution >= 0.6 is 0 Å². The molecule has 0 aromatic rings. The fraction of sp³-hybridized carbons (Fsp3) is 0.857. The maximum atomic E-state index is 10.2. The summed E-state index contributed by atoms with van der Waals surface area (Å²) >= 11 is 0. The molecule has 66 valence electrons. The van der Waals surface area contributed by atoms with Crippen LogP contribution in [0.2, 0.25) is 0 Å². The van der Waals surface area contributed by atoms with Crippen LogP contribution in [0.5, 0.6) is 0 Å². The summed E-state index contributed by atoms with van der Waals surface area (Å²) in [5.41, 5.74) is 5.26. The largest absolute Gasteiger partial charge is 0.480 e. The van der Waals surface area contributed by atoms with Crippen molar-refractivity contribution in [3.63, 3.8) is 0 Å². The van der Waals surface area contributed by atoms with Gasteiger partial charge in [0.05, 0.1) is 0 Å². The van der Waals surface area contributed by atoms with Gasteiger partial charge in [-0.05, 0) is 13.3 Å². The van der Waals surface area contributed by atoms with E-state index in [0.717, 1.165) is 6.42 Å². The normalized spacial score (nSPS) is 15.9. The van der Waals surface area contributed by atoms with Crippen LogP contribution in [0.3, 0.4) is 0 Å². The number of carboxylic acids is 1. The van der Waals surface area contributed by atoms with Crippen LogP contribution in [-0.2, 0) is 4.79 Å². The van der Waals surface area contributed by atoms with Gasteiger partial charge in [0.15, 0.2) is 0 Å². The van der Waals surface area contributed by atoms with Gasteiger partial charge in [0, 0.05) is 12.6 Å². The van der Waals surface area contributed by atoms with E-state index in [9.17, 15) is 4.79 Å². The van der Waals surface area contributed by atoms with Crippen molar-refractivity contribution in [1.29, 1.82) is 0 Å². The Bertz CT molecular complexity index is 128. The number of aliphatic carboxylic acids is 1. The van der Waals surface area contributed by atoms with Crippen molar-refractivity contribution in [2.24, 2.45) is 5.73 Å². The lowest BCUT2D eigenvalue weighted by molar-refractivity contribution is -0.138. The quantitative estimate of drug-likeness (QED) is 0.520. The molecule has 0 aliphatic rings. The first-order chi connectivity index (χ1) is 5.07. The van der Waals surface area contributed by atoms with Crippen molar-refractivity contribution in [2.45, 2.75) is 32.4 Å². The Hall–Kier alpha value is -0.610. The standard InChI is InChI=1S/C7H16N2O2/c1-3-5(2)9-4-6(8)7(10)11/h5-6,9H,3-4,8H2,1-2H3,(H,10,11)/t5?,6-/m0/s1. The maximum absolute atomic E-state index is 10.2. The Labute approximate surface area is 66.8 Å². The topological polar surface area (TPSA) is 75.3 Å². The van der Waals surface area contributed by atoms with Crippen molar-refractivity contribution in [3.05, 3.63) is 0 Å². The number of carbonyl (C=O) groups is 1. The molecule has 0 aromatic carbocycles. The highest BCUT2D eigenvalue weighted by atomic mass is 16.4. The summed E-state index contributed by atoms with van der Waals surface area (Å²) in [5.74, 6) is -0.958. The number of hydrogen-bond acceptors (Lipinski definition) is 3. The van der Waals surface area contributed by atoms with Crippen LogP contribution in [-0.4, -0.2) is 29.7 Å². The van der Waals surface area contributed by atoms with Crippen LogP contribution in [0.1, 0.15) is 20.3 Å². The Balaban J connectivity index is 3.45. The second kappa shape index (κ2) is 5.09. The molecule has 0 aliphatic heterocycles. The summed E-state index contributed by atoms with van der Waals surface area (Å²) in [4.78, 5) is 10.2. The third-order valence-electron chi connectivity index (χ3n) is 1.62. The summed E-state index contributed by atoms with van der Waals surface area (Å²) in [6, 6.07) is -0.454. The van der Waals surface area contributed by atoms with Gasteiger partial charge in [-0.25, -0.2) is 0 Å². The summed E-state index contributed by atoms with van der Waals surface area (Å²) in [5, 5.41) is 11.4. The smallest absolute Gasteiger partial charge is 0.321 e. The predicted molar refractivity (Wildman–Crippen MR) is 43.4 cm³/mol. The molecule has 4 nitrogen and oxygen atoms in total. The zero-order valence-corrected chi connectivity index (χ0v) is 7.00. The minimum Gasteiger partial charge on any atom is -0.480 e. The van der Waals surface area contributed by atoms with E-state index < -0.39 is 12.0 Å². The number of carboxylic acid groups (broad SMARTS) is 1. The molecule has 0 rings (SSSR count). The summed E-state index contributed by atoms with van der Waals surface area (Å²) in [6.45, 7) is 4.36. The molecule has 11 heavy (non-hydrogen) atoms. The molecule has 0 spiro atoms. The molecule has 1 unspecified atom stereocenters. The van der Waals surface area contributed by atoms with Gasteiger partial charge in [-0.3, -0.25) is 4.79 Å². The molecule has 0 fully saturated rings. The lowest BCUT2D eigenvalue weighted by Crippen LogP contribution is -2.43. The molecule has 2 atom stereocenters. The second-order valence-corrected chi connectivity index (χ2v) is 2.66. The number of rotatable bonds is 5. The summed E-state index contributed by atoms with van der Waals surface area (Å²) in [6.07, 6.45) is 0.979. The molecule has 0 saturated heterocycles. The van der Waals surface area contributed by atoms with Crippen molar-refractivity contribution in [1.82, 2.24) is 5.32 Å². The molecule has 0 aliphatic carbocycles. The molecule has 0 bridgehead atoms. The van der Waals surface area contributed by atoms with Crippen LogP contribution in [0, 0.1) is 0 Å². The van der Waals surface area contributed by atoms with Crippen molar-refractivity contribution in [2.75, 3.05) is 6.54 Å². The van der Waals surface area contributed by atoms with E-state index in [1.165, 1.54) is 0 Å². The first-order valence-corrected chi connectivity index (χ1v) is 3.79. The third kappa shape index (κ3) is 4.75. The molecular weight excluding hydrogens is 144 g/mol. The Morgan fingerprint density at radius 2 is 2.27 bits per heavy atom. The Morgan fingerprint density at radius 1 is 1.73 bits per heavy atom. The van der Waals surface area contributed by atoms with Gasteiger partial charge in [-0.1, -0.05) is 6.92 Å². The maximum Gasteiger partial charge on any atom is 0.321 e. The minimum atomic E-state index is -0.958. The number of nitrogens with two attached hydrogens (primary N) is 1. The average molecular weight is 160 g/mol. The van der Waals surface area contributed by atoms with Crippen molar-refractivity contribution in [3.8, 4) is 0 Å². The van der Waals surface area contributed by atoms with Gasteiger partial charge in [0.1, 0.15) is 6.04 Å². The van der Waals surface area contributed by atoms with E-state index in [4.69, 9.17) is 10.8 Å². The number of nitrogens with one attached hydrogen (secondary N) is 1. The predicted octanol–water partition coefficient (Wildman–Crippen LogP) is -0.214. The summed E-state index contributed by atoms with van der Waals surface area (Å²) in [7, 11) is 0. The molecular formula is C7H16N2O2. The SMILES string of the molecule is CCC(C)NC[C@H](N)C(=O)O. The van der Waals surface area contributed by atoms with Crippen molar-refractivity contribution >= 4 is 5.97 Å². The molecule has 0 saturated carbocycles. The first-order valence-electron chi connectivity index (χ1n) is 3.79. The fourth-order valence-corrected chi connectivity index (χ4v) is 0.560. The van der Waals surface area contributed by atoms with Gasteiger partial charge in [-0.15, -0.1) is 0 Å². The lowest BCUT2D eigenvalue weighted by Gasteiger charge is -2.12. The molecule has 0 aromatic heterocycles. The van der Waals surface area contributed by atoms with E-state index in [1.54, 1.807) is 0 Å². The summed E-state index contributed by atoms with van der Waals surface area (Å²) < 4.78 is 0. The molecule has 0 heterocycles. The molecule has 0 radical (unpaired) electrons. The lowest BCUT2D eigenvalue weighted by atomic mass is 10.2. The highest BCUT2D eigenvalue weighted by Crippen LogP contribution is 1.87. The molecule has 4 heteroatoms. The zero-order valence-electron chi connectivity index (χ0n) is 7.00. The zero-order chi connectivity index (χ0) is 8.85. The highest BCUT2D eigenvalue weighted by Gasteiger charge is 2.10. The van der Waals surface area contributed by atoms with Crippen LogP contribution in [0.25, 0.3) is 0 Å². The van der Waals surface area contributed by atoms with E-state index in [1.807, 2.05) is 13.8 Å². The van der Waals surface area contributed by atoms with Crippen LogP contribution in [0.15, 0.2) is 0 Å². The Kier molecular flexibility index (Phi) is 4.81. The van der Waals surface area contributed by atoms with Gasteiger partial charge >= 0.3 is 5.97 Å². The van der Waals surface area contributed by atoms with E-state index in [2.05, 4.69) is 5.32 Å². The van der Waals surface area contributed by atoms with Crippen molar-refractivity contribution < 1.29 is 9.90 Å². The van der Waals surface area contributed by atoms with Gasteiger partial charge in [0.25, 0.3) is 0 Å². The highest BCUT2D eigenvalue weighted by molar-refractivity contribution is 5.73. The average Bonchev–Trinajstić information content (AvgIpc) is 1.99. The monoisotopic (exact) mass is 160 g/mol. The third-order valence-corrected chi connectivity index (χ3v) is 1.62. The van der Waals surface area contributed by atoms with Crippen LogP contribution in [0.4, 0.5) is 0 Å². The Morgan fingerprint density at radius 3 is 2.64 bits per heavy atom. The van der Waals surface area contributed by atoms with E-state index in [0.29, 0.717) is 12.6 Å². The van der Waals surface area contributed by atoms with Crippen LogP contribution < -0.4 is 11.1 Å². The number of hydrogen-bond donors (Lipinski definition) is 3. The second-order valence-electron chi connectivity index (χ2n) is 2.66. The fourth-order valence-electron chi connectivity index (χ4n) is 0.560. The first kappa shape index (κ1) is 10.4. The van der Waals surface area contributed by atoms with E-state index in [-0.39, 0.29) is 0 Å².